The van der Waals surface area contributed by atoms with E-state index >= 15 is 0 Å². The molecule has 1 atom stereocenters. The molecule has 0 amide bonds. The van der Waals surface area contributed by atoms with Crippen molar-refractivity contribution >= 4 is 0 Å². The number of aryl methyl sites for hydroxylation is 1. The van der Waals surface area contributed by atoms with Gasteiger partial charge in [-0.2, -0.15) is 0 Å². The smallest absolute Gasteiger partial charge is 0.122 e. The van der Waals surface area contributed by atoms with Crippen molar-refractivity contribution in [3.8, 4) is 46.0 Å². The van der Waals surface area contributed by atoms with Crippen molar-refractivity contribution in [3.63, 3.8) is 0 Å². The first-order valence-electron chi connectivity index (χ1n) is 24.5. The van der Waals surface area contributed by atoms with Crippen molar-refractivity contribution in [2.75, 3.05) is 0 Å². The third-order valence-corrected chi connectivity index (χ3v) is 14.6. The van der Waals surface area contributed by atoms with E-state index in [1.54, 1.807) is 60.7 Å². The molecule has 0 fully saturated rings. The molecule has 9 aromatic carbocycles. The largest absolute Gasteiger partial charge is 0.508 e. The lowest BCUT2D eigenvalue weighted by Crippen LogP contribution is -2.27. The fourth-order valence-electron chi connectivity index (χ4n) is 10.0. The van der Waals surface area contributed by atoms with Gasteiger partial charge >= 0.3 is 0 Å². The second-order valence-electron chi connectivity index (χ2n) is 20.1. The minimum Gasteiger partial charge on any atom is -0.508 e. The fourth-order valence-corrected chi connectivity index (χ4v) is 10.0. The molecule has 0 aliphatic rings. The first kappa shape index (κ1) is 49.4. The molecule has 0 radical (unpaired) electrons. The maximum atomic E-state index is 12.2. The SMILES string of the molecule is Cc1cc(C(C)(c2ccc(C(C)(C)c3cc(Cc4ccc(O)cc4)c(O)c(Cc4ccc(O)cc4)c3)cc2)c2cc(Cc3ccc(O)cc3)c(O)c(Cc3ccc(O)cc3)c2)cc(Cc2ccc(O)cc2)c1O. The average molecular weight is 969 g/mol. The molecule has 368 valence electrons. The summed E-state index contributed by atoms with van der Waals surface area (Å²) in [6.45, 7) is 8.42. The first-order valence-corrected chi connectivity index (χ1v) is 24.5. The van der Waals surface area contributed by atoms with E-state index in [0.717, 1.165) is 72.3 Å². The van der Waals surface area contributed by atoms with Gasteiger partial charge in [0.25, 0.3) is 0 Å². The summed E-state index contributed by atoms with van der Waals surface area (Å²) >= 11 is 0. The molecule has 0 saturated heterocycles. The standard InChI is InChI=1S/C65H60O8/c1-40-29-54(37-46(61(40)71)30-41-5-19-56(66)20-6-41)65(4,55-38-49(33-44-11-25-59(69)26-12-44)63(73)50(39-55)34-45-13-27-60(70)28-14-45)52-17-15-51(16-18-52)64(2,3)53-35-47(31-42-7-21-57(67)22-8-42)62(72)48(36-53)32-43-9-23-58(68)24-10-43/h5-29,35-39,66-73H,30-34H2,1-4H3. The zero-order valence-electron chi connectivity index (χ0n) is 41.4. The topological polar surface area (TPSA) is 162 Å². The van der Waals surface area contributed by atoms with Gasteiger partial charge in [-0.3, -0.25) is 0 Å². The lowest BCUT2D eigenvalue weighted by atomic mass is 9.68. The number of aromatic hydroxyl groups is 8. The van der Waals surface area contributed by atoms with Crippen molar-refractivity contribution in [1.29, 1.82) is 0 Å². The summed E-state index contributed by atoms with van der Waals surface area (Å²) in [5.74, 6) is 1.33. The van der Waals surface area contributed by atoms with Gasteiger partial charge in [-0.15, -0.1) is 0 Å². The van der Waals surface area contributed by atoms with E-state index in [0.29, 0.717) is 48.8 Å². The van der Waals surface area contributed by atoms with Crippen LogP contribution in [-0.2, 0) is 42.9 Å². The summed E-state index contributed by atoms with van der Waals surface area (Å²) in [5, 5.41) is 86.1. The second-order valence-corrected chi connectivity index (χ2v) is 20.1. The predicted molar refractivity (Wildman–Crippen MR) is 288 cm³/mol. The fraction of sp³-hybridized carbons (Fsp3) is 0.169. The summed E-state index contributed by atoms with van der Waals surface area (Å²) in [5.41, 5.74) is 12.2. The molecule has 0 heterocycles. The summed E-state index contributed by atoms with van der Waals surface area (Å²) in [7, 11) is 0. The van der Waals surface area contributed by atoms with Crippen molar-refractivity contribution in [2.24, 2.45) is 0 Å². The molecule has 8 N–H and O–H groups in total. The highest BCUT2D eigenvalue weighted by Crippen LogP contribution is 2.46. The number of hydrogen-bond acceptors (Lipinski definition) is 8. The molecule has 0 saturated carbocycles. The Morgan fingerprint density at radius 2 is 0.521 bits per heavy atom. The summed E-state index contributed by atoms with van der Waals surface area (Å²) in [4.78, 5) is 0. The molecule has 1 unspecified atom stereocenters. The van der Waals surface area contributed by atoms with Gasteiger partial charge in [0, 0.05) is 42.9 Å². The number of phenols is 8. The van der Waals surface area contributed by atoms with Gasteiger partial charge in [0.1, 0.15) is 46.0 Å². The van der Waals surface area contributed by atoms with Crippen LogP contribution in [0.25, 0.3) is 0 Å². The van der Waals surface area contributed by atoms with Crippen LogP contribution >= 0.6 is 0 Å². The molecule has 73 heavy (non-hydrogen) atoms. The van der Waals surface area contributed by atoms with Gasteiger partial charge in [0.2, 0.25) is 0 Å². The van der Waals surface area contributed by atoms with Gasteiger partial charge in [-0.1, -0.05) is 135 Å². The summed E-state index contributed by atoms with van der Waals surface area (Å²) in [6, 6.07) is 55.9. The van der Waals surface area contributed by atoms with Crippen LogP contribution in [0.2, 0.25) is 0 Å². The normalized spacial score (nSPS) is 12.4. The highest BCUT2D eigenvalue weighted by molar-refractivity contribution is 5.60. The van der Waals surface area contributed by atoms with Crippen LogP contribution < -0.4 is 0 Å². The molecular weight excluding hydrogens is 909 g/mol. The Bertz CT molecular complexity index is 3260. The van der Waals surface area contributed by atoms with E-state index < -0.39 is 10.8 Å². The van der Waals surface area contributed by atoms with Crippen LogP contribution in [0.1, 0.15) is 110 Å². The Hall–Kier alpha value is -8.62. The second kappa shape index (κ2) is 20.2. The van der Waals surface area contributed by atoms with E-state index in [1.807, 2.05) is 73.7 Å². The van der Waals surface area contributed by atoms with Crippen molar-refractivity contribution < 1.29 is 40.9 Å². The zero-order chi connectivity index (χ0) is 51.6. The Labute approximate surface area is 426 Å². The van der Waals surface area contributed by atoms with E-state index in [9.17, 15) is 40.9 Å². The van der Waals surface area contributed by atoms with Crippen molar-refractivity contribution in [1.82, 2.24) is 0 Å². The predicted octanol–water partition coefficient (Wildman–Crippen LogP) is 13.3. The highest BCUT2D eigenvalue weighted by Gasteiger charge is 2.35. The van der Waals surface area contributed by atoms with Crippen LogP contribution in [0, 0.1) is 6.92 Å². The maximum absolute atomic E-state index is 12.2. The van der Waals surface area contributed by atoms with Gasteiger partial charge < -0.3 is 40.9 Å². The number of rotatable bonds is 15. The third-order valence-electron chi connectivity index (χ3n) is 14.6. The molecule has 8 heteroatoms. The van der Waals surface area contributed by atoms with E-state index in [4.69, 9.17) is 0 Å². The Balaban J connectivity index is 1.19. The van der Waals surface area contributed by atoms with Crippen molar-refractivity contribution in [2.45, 2.75) is 70.6 Å². The van der Waals surface area contributed by atoms with Crippen LogP contribution in [-0.4, -0.2) is 40.9 Å². The molecular formula is C65H60O8. The Morgan fingerprint density at radius 1 is 0.274 bits per heavy atom. The average Bonchev–Trinajstić information content (AvgIpc) is 3.38. The lowest BCUT2D eigenvalue weighted by Gasteiger charge is -2.35. The van der Waals surface area contributed by atoms with Gasteiger partial charge in [0.15, 0.2) is 0 Å². The molecule has 9 rings (SSSR count). The van der Waals surface area contributed by atoms with E-state index in [-0.39, 0.29) is 46.0 Å². The zero-order valence-corrected chi connectivity index (χ0v) is 41.4. The molecule has 0 aromatic heterocycles. The molecule has 9 aromatic rings. The molecule has 0 bridgehead atoms. The maximum Gasteiger partial charge on any atom is 0.122 e. The minimum atomic E-state index is -0.890. The van der Waals surface area contributed by atoms with Gasteiger partial charge in [-0.05, 0) is 164 Å². The van der Waals surface area contributed by atoms with Crippen LogP contribution in [0.5, 0.6) is 46.0 Å². The van der Waals surface area contributed by atoms with E-state index in [2.05, 4.69) is 75.4 Å². The third kappa shape index (κ3) is 10.7. The van der Waals surface area contributed by atoms with Crippen LogP contribution in [0.15, 0.2) is 182 Å². The quantitative estimate of drug-likeness (QED) is 0.0471. The van der Waals surface area contributed by atoms with Crippen LogP contribution in [0.3, 0.4) is 0 Å². The Morgan fingerprint density at radius 3 is 0.822 bits per heavy atom. The van der Waals surface area contributed by atoms with E-state index in [1.165, 1.54) is 0 Å². The number of hydrogen-bond donors (Lipinski definition) is 8. The highest BCUT2D eigenvalue weighted by atomic mass is 16.3. The number of phenolic OH excluding ortho intramolecular Hbond substituents is 8. The van der Waals surface area contributed by atoms with Gasteiger partial charge in [0.05, 0.1) is 0 Å². The van der Waals surface area contributed by atoms with Crippen LogP contribution in [0.4, 0.5) is 0 Å². The molecule has 0 aliphatic heterocycles. The monoisotopic (exact) mass is 968 g/mol. The molecule has 0 spiro atoms. The summed E-state index contributed by atoms with van der Waals surface area (Å²) < 4.78 is 0. The van der Waals surface area contributed by atoms with Gasteiger partial charge in [-0.25, -0.2) is 0 Å². The first-order chi connectivity index (χ1) is 34.9. The lowest BCUT2D eigenvalue weighted by molar-refractivity contribution is 0.461. The number of benzene rings is 9. The minimum absolute atomic E-state index is 0.147. The molecule has 0 aliphatic carbocycles. The Kier molecular flexibility index (Phi) is 13.7. The molecule has 8 nitrogen and oxygen atoms in total. The summed E-state index contributed by atoms with van der Waals surface area (Å²) in [6.07, 6.45) is 2.04. The van der Waals surface area contributed by atoms with Crippen molar-refractivity contribution in [3.05, 3.63) is 271 Å².